The number of anilines is 2. The van der Waals surface area contributed by atoms with Crippen LogP contribution in [0.3, 0.4) is 0 Å². The van der Waals surface area contributed by atoms with Crippen LogP contribution in [0, 0.1) is 0 Å². The zero-order valence-electron chi connectivity index (χ0n) is 19.8. The number of rotatable bonds is 5. The number of likely N-dealkylation sites (tertiary alicyclic amines) is 1. The molecule has 4 rings (SSSR count). The van der Waals surface area contributed by atoms with Crippen molar-refractivity contribution >= 4 is 35.0 Å². The van der Waals surface area contributed by atoms with Crippen molar-refractivity contribution in [3.63, 3.8) is 0 Å². The number of nitrogens with one attached hydrogen (secondary N) is 3. The number of thioether (sulfide) groups is 1. The maximum absolute atomic E-state index is 13.2. The van der Waals surface area contributed by atoms with Crippen molar-refractivity contribution < 1.29 is 22.8 Å². The number of amides is 2. The van der Waals surface area contributed by atoms with Crippen LogP contribution < -0.4 is 16.0 Å². The standard InChI is InChI=1S/C25H29F3N4O2S/c1-15(2)32-13-5-4-12-21(32)25(30-16(3)33)31-22-19(10-7-11-20(22)35-25)23(34)29-18-9-6-8-17(14-18)24(26,27)28/h6-11,14-15,21,31H,4-5,12-13H2,1-3H3,(H,29,34)(H,30,33). The van der Waals surface area contributed by atoms with Gasteiger partial charge in [0.05, 0.1) is 22.9 Å². The molecule has 2 aromatic carbocycles. The summed E-state index contributed by atoms with van der Waals surface area (Å²) in [5.74, 6) is -0.723. The summed E-state index contributed by atoms with van der Waals surface area (Å²) in [5.41, 5.74) is 0.0778. The first-order chi connectivity index (χ1) is 16.5. The molecule has 2 aliphatic rings. The number of fused-ring (bicyclic) bond motifs is 1. The Morgan fingerprint density at radius 2 is 1.91 bits per heavy atom. The smallest absolute Gasteiger partial charge is 0.351 e. The van der Waals surface area contributed by atoms with Gasteiger partial charge in [-0.1, -0.05) is 30.3 Å². The Bertz CT molecular complexity index is 1120. The second kappa shape index (κ2) is 9.73. The van der Waals surface area contributed by atoms with Crippen LogP contribution in [0.4, 0.5) is 24.5 Å². The van der Waals surface area contributed by atoms with E-state index in [2.05, 4.69) is 34.7 Å². The average Bonchev–Trinajstić information content (AvgIpc) is 3.17. The van der Waals surface area contributed by atoms with Crippen molar-refractivity contribution in [2.24, 2.45) is 0 Å². The lowest BCUT2D eigenvalue weighted by atomic mass is 9.96. The highest BCUT2D eigenvalue weighted by molar-refractivity contribution is 8.01. The number of carbonyl (C=O) groups excluding carboxylic acids is 2. The molecule has 0 radical (unpaired) electrons. The number of nitrogens with zero attached hydrogens (tertiary/aromatic N) is 1. The molecule has 3 N–H and O–H groups in total. The summed E-state index contributed by atoms with van der Waals surface area (Å²) >= 11 is 1.47. The van der Waals surface area contributed by atoms with Crippen molar-refractivity contribution in [2.75, 3.05) is 17.2 Å². The average molecular weight is 507 g/mol. The Labute approximate surface area is 207 Å². The molecule has 2 heterocycles. The van der Waals surface area contributed by atoms with Gasteiger partial charge in [-0.25, -0.2) is 0 Å². The number of piperidine rings is 1. The van der Waals surface area contributed by atoms with E-state index in [1.54, 1.807) is 12.1 Å². The van der Waals surface area contributed by atoms with Gasteiger partial charge in [-0.15, -0.1) is 0 Å². The van der Waals surface area contributed by atoms with E-state index in [9.17, 15) is 22.8 Å². The van der Waals surface area contributed by atoms with Crippen molar-refractivity contribution in [1.29, 1.82) is 0 Å². The van der Waals surface area contributed by atoms with Gasteiger partial charge in [0.2, 0.25) is 5.91 Å². The summed E-state index contributed by atoms with van der Waals surface area (Å²) in [7, 11) is 0. The van der Waals surface area contributed by atoms with Gasteiger partial charge < -0.3 is 16.0 Å². The van der Waals surface area contributed by atoms with Crippen LogP contribution in [0.25, 0.3) is 0 Å². The Balaban J connectivity index is 1.65. The summed E-state index contributed by atoms with van der Waals surface area (Å²) < 4.78 is 39.3. The SMILES string of the molecule is CC(=O)NC1(C2CCCCN2C(C)C)Nc2c(cccc2C(=O)Nc2cccc(C(F)(F)F)c2)S1. The van der Waals surface area contributed by atoms with Crippen LogP contribution >= 0.6 is 11.8 Å². The molecule has 6 nitrogen and oxygen atoms in total. The van der Waals surface area contributed by atoms with E-state index in [0.717, 1.165) is 42.8 Å². The van der Waals surface area contributed by atoms with E-state index >= 15 is 0 Å². The topological polar surface area (TPSA) is 73.5 Å². The van der Waals surface area contributed by atoms with E-state index in [0.29, 0.717) is 11.3 Å². The number of carbonyl (C=O) groups is 2. The maximum Gasteiger partial charge on any atom is 0.416 e. The number of para-hydroxylation sites is 1. The van der Waals surface area contributed by atoms with Gasteiger partial charge in [-0.2, -0.15) is 13.2 Å². The summed E-state index contributed by atoms with van der Waals surface area (Å²) in [4.78, 5) is 27.8. The van der Waals surface area contributed by atoms with Crippen molar-refractivity contribution in [3.05, 3.63) is 53.6 Å². The fourth-order valence-corrected chi connectivity index (χ4v) is 6.35. The number of halogens is 3. The molecular weight excluding hydrogens is 477 g/mol. The predicted molar refractivity (Wildman–Crippen MR) is 131 cm³/mol. The van der Waals surface area contributed by atoms with Crippen LogP contribution in [0.15, 0.2) is 47.4 Å². The molecule has 2 aromatic rings. The molecular formula is C25H29F3N4O2S. The normalized spacial score (nSPS) is 22.4. The van der Waals surface area contributed by atoms with E-state index in [1.807, 2.05) is 6.07 Å². The van der Waals surface area contributed by atoms with Crippen molar-refractivity contribution in [2.45, 2.75) is 68.2 Å². The third kappa shape index (κ3) is 5.28. The Kier molecular flexibility index (Phi) is 7.06. The first kappa shape index (κ1) is 25.4. The summed E-state index contributed by atoms with van der Waals surface area (Å²) in [6.07, 6.45) is -1.53. The zero-order valence-corrected chi connectivity index (χ0v) is 20.6. The van der Waals surface area contributed by atoms with Crippen LogP contribution in [0.1, 0.15) is 56.0 Å². The largest absolute Gasteiger partial charge is 0.416 e. The molecule has 35 heavy (non-hydrogen) atoms. The second-order valence-electron chi connectivity index (χ2n) is 9.20. The lowest BCUT2D eigenvalue weighted by molar-refractivity contribution is -0.137. The third-order valence-corrected chi connectivity index (χ3v) is 7.70. The molecule has 2 aliphatic heterocycles. The molecule has 1 saturated heterocycles. The van der Waals surface area contributed by atoms with Gasteiger partial charge in [0, 0.05) is 23.5 Å². The quantitative estimate of drug-likeness (QED) is 0.498. The van der Waals surface area contributed by atoms with Gasteiger partial charge >= 0.3 is 6.18 Å². The molecule has 1 fully saturated rings. The Hall–Kier alpha value is -2.72. The van der Waals surface area contributed by atoms with Gasteiger partial charge in [0.15, 0.2) is 4.99 Å². The van der Waals surface area contributed by atoms with Crippen LogP contribution in [0.2, 0.25) is 0 Å². The molecule has 10 heteroatoms. The minimum atomic E-state index is -4.51. The van der Waals surface area contributed by atoms with E-state index in [4.69, 9.17) is 0 Å². The molecule has 0 bridgehead atoms. The minimum Gasteiger partial charge on any atom is -0.351 e. The van der Waals surface area contributed by atoms with Crippen molar-refractivity contribution in [1.82, 2.24) is 10.2 Å². The highest BCUT2D eigenvalue weighted by Crippen LogP contribution is 2.50. The first-order valence-corrected chi connectivity index (χ1v) is 12.4. The maximum atomic E-state index is 13.2. The number of hydrogen-bond donors (Lipinski definition) is 3. The highest BCUT2D eigenvalue weighted by Gasteiger charge is 2.50. The minimum absolute atomic E-state index is 0.0167. The van der Waals surface area contributed by atoms with E-state index < -0.39 is 22.6 Å². The van der Waals surface area contributed by atoms with E-state index in [1.165, 1.54) is 30.8 Å². The monoisotopic (exact) mass is 506 g/mol. The molecule has 0 spiro atoms. The lowest BCUT2D eigenvalue weighted by Crippen LogP contribution is -2.65. The van der Waals surface area contributed by atoms with Crippen molar-refractivity contribution in [3.8, 4) is 0 Å². The third-order valence-electron chi connectivity index (χ3n) is 6.34. The number of alkyl halides is 3. The summed E-state index contributed by atoms with van der Waals surface area (Å²) in [5, 5.41) is 9.15. The second-order valence-corrected chi connectivity index (χ2v) is 10.5. The zero-order chi connectivity index (χ0) is 25.4. The van der Waals surface area contributed by atoms with Gasteiger partial charge in [-0.05, 0) is 63.6 Å². The molecule has 0 saturated carbocycles. The van der Waals surface area contributed by atoms with Gasteiger partial charge in [0.1, 0.15) is 0 Å². The molecule has 188 valence electrons. The summed E-state index contributed by atoms with van der Waals surface area (Å²) in [6.45, 7) is 6.63. The molecule has 2 amide bonds. The fraction of sp³-hybridized carbons (Fsp3) is 0.440. The van der Waals surface area contributed by atoms with Crippen LogP contribution in [-0.2, 0) is 11.0 Å². The van der Waals surface area contributed by atoms with Gasteiger partial charge in [0.25, 0.3) is 5.91 Å². The molecule has 2 unspecified atom stereocenters. The van der Waals surface area contributed by atoms with Crippen LogP contribution in [0.5, 0.6) is 0 Å². The van der Waals surface area contributed by atoms with E-state index in [-0.39, 0.29) is 23.7 Å². The van der Waals surface area contributed by atoms with Gasteiger partial charge in [-0.3, -0.25) is 14.5 Å². The molecule has 0 aliphatic carbocycles. The lowest BCUT2D eigenvalue weighted by Gasteiger charge is -2.48. The Morgan fingerprint density at radius 1 is 1.17 bits per heavy atom. The first-order valence-electron chi connectivity index (χ1n) is 11.6. The van der Waals surface area contributed by atoms with Crippen LogP contribution in [-0.4, -0.2) is 40.3 Å². The molecule has 0 aromatic heterocycles. The highest BCUT2D eigenvalue weighted by atomic mass is 32.2. The fourth-order valence-electron chi connectivity index (χ4n) is 4.85. The summed E-state index contributed by atoms with van der Waals surface area (Å²) in [6, 6.07) is 10.0. The Morgan fingerprint density at radius 3 is 2.60 bits per heavy atom. The number of hydrogen-bond acceptors (Lipinski definition) is 5. The number of benzene rings is 2. The predicted octanol–water partition coefficient (Wildman–Crippen LogP) is 5.53. The molecule has 2 atom stereocenters.